The van der Waals surface area contributed by atoms with Gasteiger partial charge in [0.25, 0.3) is 5.91 Å². The van der Waals surface area contributed by atoms with Crippen LogP contribution in [0.15, 0.2) is 53.4 Å². The third-order valence-electron chi connectivity index (χ3n) is 5.10. The maximum absolute atomic E-state index is 13.2. The van der Waals surface area contributed by atoms with Crippen molar-refractivity contribution in [1.82, 2.24) is 4.90 Å². The van der Waals surface area contributed by atoms with E-state index in [-0.39, 0.29) is 16.8 Å². The van der Waals surface area contributed by atoms with E-state index in [9.17, 15) is 13.2 Å². The minimum Gasteiger partial charge on any atom is -0.497 e. The summed E-state index contributed by atoms with van der Waals surface area (Å²) in [4.78, 5) is 15.3. The summed E-state index contributed by atoms with van der Waals surface area (Å²) in [6.45, 7) is 2.60. The number of ether oxygens (including phenoxy) is 1. The Balaban J connectivity index is 1.84. The van der Waals surface area contributed by atoms with Crippen LogP contribution in [0, 0.1) is 5.92 Å². The van der Waals surface area contributed by atoms with E-state index in [2.05, 4.69) is 6.92 Å². The second-order valence-electron chi connectivity index (χ2n) is 7.16. The molecule has 0 aliphatic heterocycles. The number of sulfone groups is 1. The number of nitrogens with zero attached hydrogens (tertiary/aromatic N) is 1. The van der Waals surface area contributed by atoms with Crippen molar-refractivity contribution in [2.45, 2.75) is 37.2 Å². The van der Waals surface area contributed by atoms with E-state index < -0.39 is 9.84 Å². The SMILES string of the molecule is COc1ccc(CN(C(=O)c2ccc(S(C)(=O)=O)cc2)C(C)C2CC2)cc1. The molecular weight excluding hydrogens is 362 g/mol. The lowest BCUT2D eigenvalue weighted by Crippen LogP contribution is -2.39. The normalized spacial score (nSPS) is 15.2. The molecular formula is C21H25NO4S. The Bertz CT molecular complexity index is 900. The first-order valence-corrected chi connectivity index (χ1v) is 10.9. The fraction of sp³-hybridized carbons (Fsp3) is 0.381. The molecule has 5 nitrogen and oxygen atoms in total. The molecule has 0 aromatic heterocycles. The number of hydrogen-bond acceptors (Lipinski definition) is 4. The molecule has 27 heavy (non-hydrogen) atoms. The van der Waals surface area contributed by atoms with E-state index in [1.165, 1.54) is 12.1 Å². The van der Waals surface area contributed by atoms with Crippen LogP contribution in [0.2, 0.25) is 0 Å². The van der Waals surface area contributed by atoms with Gasteiger partial charge >= 0.3 is 0 Å². The fourth-order valence-electron chi connectivity index (χ4n) is 3.17. The van der Waals surface area contributed by atoms with E-state index in [1.54, 1.807) is 19.2 Å². The Morgan fingerprint density at radius 1 is 1.11 bits per heavy atom. The molecule has 1 saturated carbocycles. The minimum absolute atomic E-state index is 0.0785. The smallest absolute Gasteiger partial charge is 0.254 e. The van der Waals surface area contributed by atoms with E-state index in [4.69, 9.17) is 4.74 Å². The van der Waals surface area contributed by atoms with E-state index in [0.717, 1.165) is 30.4 Å². The number of carbonyl (C=O) groups is 1. The van der Waals surface area contributed by atoms with Crippen molar-refractivity contribution in [3.8, 4) is 5.75 Å². The second-order valence-corrected chi connectivity index (χ2v) is 9.17. The zero-order chi connectivity index (χ0) is 19.6. The zero-order valence-corrected chi connectivity index (χ0v) is 16.7. The highest BCUT2D eigenvalue weighted by molar-refractivity contribution is 7.90. The highest BCUT2D eigenvalue weighted by Gasteiger charge is 2.34. The van der Waals surface area contributed by atoms with Crippen LogP contribution in [0.3, 0.4) is 0 Å². The molecule has 6 heteroatoms. The monoisotopic (exact) mass is 387 g/mol. The lowest BCUT2D eigenvalue weighted by Gasteiger charge is -2.30. The molecule has 3 rings (SSSR count). The largest absolute Gasteiger partial charge is 0.497 e. The van der Waals surface area contributed by atoms with Crippen molar-refractivity contribution in [3.63, 3.8) is 0 Å². The molecule has 1 unspecified atom stereocenters. The standard InChI is InChI=1S/C21H25NO4S/c1-15(17-6-7-17)22(14-16-4-10-19(26-2)11-5-16)21(23)18-8-12-20(13-9-18)27(3,24)25/h4-5,8-13,15,17H,6-7,14H2,1-3H3. The molecule has 1 amide bonds. The van der Waals surface area contributed by atoms with Gasteiger partial charge in [0.15, 0.2) is 9.84 Å². The molecule has 0 N–H and O–H groups in total. The number of rotatable bonds is 7. The van der Waals surface area contributed by atoms with Gasteiger partial charge in [0.2, 0.25) is 0 Å². The van der Waals surface area contributed by atoms with Gasteiger partial charge in [-0.3, -0.25) is 4.79 Å². The van der Waals surface area contributed by atoms with Gasteiger partial charge in [-0.15, -0.1) is 0 Å². The Morgan fingerprint density at radius 2 is 1.70 bits per heavy atom. The van der Waals surface area contributed by atoms with Gasteiger partial charge in [-0.2, -0.15) is 0 Å². The Hall–Kier alpha value is -2.34. The summed E-state index contributed by atoms with van der Waals surface area (Å²) in [6, 6.07) is 14.0. The predicted molar refractivity (Wildman–Crippen MR) is 105 cm³/mol. The van der Waals surface area contributed by atoms with Gasteiger partial charge in [-0.25, -0.2) is 8.42 Å². The van der Waals surface area contributed by atoms with Crippen molar-refractivity contribution < 1.29 is 17.9 Å². The predicted octanol–water partition coefficient (Wildman–Crippen LogP) is 3.54. The van der Waals surface area contributed by atoms with Crippen molar-refractivity contribution in [2.24, 2.45) is 5.92 Å². The van der Waals surface area contributed by atoms with Gasteiger partial charge in [0.1, 0.15) is 5.75 Å². The summed E-state index contributed by atoms with van der Waals surface area (Å²) in [5, 5.41) is 0. The molecule has 1 atom stereocenters. The van der Waals surface area contributed by atoms with E-state index in [0.29, 0.717) is 18.0 Å². The molecule has 0 spiro atoms. The quantitative estimate of drug-likeness (QED) is 0.729. The van der Waals surface area contributed by atoms with Crippen molar-refractivity contribution in [2.75, 3.05) is 13.4 Å². The second kappa shape index (κ2) is 7.72. The Morgan fingerprint density at radius 3 is 2.19 bits per heavy atom. The molecule has 0 radical (unpaired) electrons. The van der Waals surface area contributed by atoms with Gasteiger partial charge in [0.05, 0.1) is 12.0 Å². The van der Waals surface area contributed by atoms with Gasteiger partial charge in [-0.05, 0) is 67.6 Å². The third kappa shape index (κ3) is 4.69. The molecule has 0 saturated heterocycles. The molecule has 2 aromatic rings. The summed E-state index contributed by atoms with van der Waals surface area (Å²) in [5.74, 6) is 1.23. The summed E-state index contributed by atoms with van der Waals surface area (Å²) >= 11 is 0. The molecule has 1 aliphatic carbocycles. The molecule has 1 fully saturated rings. The van der Waals surface area contributed by atoms with Gasteiger partial charge in [-0.1, -0.05) is 12.1 Å². The maximum atomic E-state index is 13.2. The zero-order valence-electron chi connectivity index (χ0n) is 15.9. The third-order valence-corrected chi connectivity index (χ3v) is 6.23. The van der Waals surface area contributed by atoms with Gasteiger partial charge in [0, 0.05) is 24.4 Å². The van der Waals surface area contributed by atoms with Gasteiger partial charge < -0.3 is 9.64 Å². The summed E-state index contributed by atoms with van der Waals surface area (Å²) in [5.41, 5.74) is 1.54. The molecule has 1 aliphatic rings. The highest BCUT2D eigenvalue weighted by atomic mass is 32.2. The van der Waals surface area contributed by atoms with Crippen LogP contribution in [-0.4, -0.2) is 38.6 Å². The average molecular weight is 388 g/mol. The lowest BCUT2D eigenvalue weighted by molar-refractivity contribution is 0.0654. The Kier molecular flexibility index (Phi) is 5.56. The summed E-state index contributed by atoms with van der Waals surface area (Å²) in [6.07, 6.45) is 3.44. The number of methoxy groups -OCH3 is 1. The molecule has 2 aromatic carbocycles. The molecule has 0 heterocycles. The number of hydrogen-bond donors (Lipinski definition) is 0. The van der Waals surface area contributed by atoms with Crippen LogP contribution >= 0.6 is 0 Å². The first-order valence-electron chi connectivity index (χ1n) is 9.03. The molecule has 144 valence electrons. The van der Waals surface area contributed by atoms with E-state index in [1.807, 2.05) is 29.2 Å². The number of amides is 1. The minimum atomic E-state index is -3.28. The maximum Gasteiger partial charge on any atom is 0.254 e. The van der Waals surface area contributed by atoms with Crippen LogP contribution in [-0.2, 0) is 16.4 Å². The van der Waals surface area contributed by atoms with Crippen molar-refractivity contribution >= 4 is 15.7 Å². The first-order chi connectivity index (χ1) is 12.8. The topological polar surface area (TPSA) is 63.7 Å². The number of carbonyl (C=O) groups excluding carboxylic acids is 1. The molecule has 0 bridgehead atoms. The van der Waals surface area contributed by atoms with Crippen LogP contribution in [0.1, 0.15) is 35.7 Å². The summed E-state index contributed by atoms with van der Waals surface area (Å²) in [7, 11) is -1.65. The van der Waals surface area contributed by atoms with E-state index >= 15 is 0 Å². The summed E-state index contributed by atoms with van der Waals surface area (Å²) < 4.78 is 28.5. The van der Waals surface area contributed by atoms with Crippen LogP contribution in [0.4, 0.5) is 0 Å². The van der Waals surface area contributed by atoms with Crippen LogP contribution in [0.5, 0.6) is 5.75 Å². The average Bonchev–Trinajstić information content (AvgIpc) is 3.50. The number of benzene rings is 2. The lowest BCUT2D eigenvalue weighted by atomic mass is 10.1. The van der Waals surface area contributed by atoms with Crippen molar-refractivity contribution in [1.29, 1.82) is 0 Å². The van der Waals surface area contributed by atoms with Crippen LogP contribution in [0.25, 0.3) is 0 Å². The van der Waals surface area contributed by atoms with Crippen LogP contribution < -0.4 is 4.74 Å². The van der Waals surface area contributed by atoms with Crippen molar-refractivity contribution in [3.05, 3.63) is 59.7 Å². The highest BCUT2D eigenvalue weighted by Crippen LogP contribution is 2.36. The first kappa shape index (κ1) is 19.4. The Labute approximate surface area is 160 Å². The fourth-order valence-corrected chi connectivity index (χ4v) is 3.80.